The largest absolute Gasteiger partial charge is 0.392 e. The molecule has 0 aliphatic rings. The maximum atomic E-state index is 8.87. The quantitative estimate of drug-likeness (QED) is 0.848. The minimum absolute atomic E-state index is 0.00920. The zero-order chi connectivity index (χ0) is 11.4. The van der Waals surface area contributed by atoms with E-state index in [0.29, 0.717) is 0 Å². The van der Waals surface area contributed by atoms with Gasteiger partial charge < -0.3 is 5.11 Å². The van der Waals surface area contributed by atoms with Crippen LogP contribution in [0.2, 0.25) is 0 Å². The Balaban J connectivity index is 2.14. The summed E-state index contributed by atoms with van der Waals surface area (Å²) < 4.78 is 0. The van der Waals surface area contributed by atoms with Gasteiger partial charge in [0.2, 0.25) is 0 Å². The standard InChI is InChI=1S/C13H14N2O/c1-10-3-2-4-11(5-10)6-13-14-7-12(9-16)8-15-13/h2-5,7-8,16H,6,9H2,1H3. The van der Waals surface area contributed by atoms with Crippen molar-refractivity contribution in [3.63, 3.8) is 0 Å². The summed E-state index contributed by atoms with van der Waals surface area (Å²) in [5, 5.41) is 8.87. The first kappa shape index (κ1) is 10.8. The van der Waals surface area contributed by atoms with E-state index in [4.69, 9.17) is 5.11 Å². The summed E-state index contributed by atoms with van der Waals surface area (Å²) in [4.78, 5) is 8.41. The van der Waals surface area contributed by atoms with Crippen LogP contribution in [-0.4, -0.2) is 15.1 Å². The first-order valence-corrected chi connectivity index (χ1v) is 5.24. The molecule has 3 nitrogen and oxygen atoms in total. The van der Waals surface area contributed by atoms with Crippen LogP contribution in [0.5, 0.6) is 0 Å². The minimum atomic E-state index is -0.00920. The van der Waals surface area contributed by atoms with Crippen LogP contribution in [0.1, 0.15) is 22.5 Å². The third kappa shape index (κ3) is 2.64. The van der Waals surface area contributed by atoms with Crippen LogP contribution in [0.25, 0.3) is 0 Å². The van der Waals surface area contributed by atoms with Crippen LogP contribution in [0.4, 0.5) is 0 Å². The Morgan fingerprint density at radius 1 is 1.12 bits per heavy atom. The van der Waals surface area contributed by atoms with E-state index in [-0.39, 0.29) is 6.61 Å². The molecule has 0 fully saturated rings. The van der Waals surface area contributed by atoms with Crippen molar-refractivity contribution in [3.8, 4) is 0 Å². The Morgan fingerprint density at radius 3 is 2.50 bits per heavy atom. The smallest absolute Gasteiger partial charge is 0.132 e. The number of rotatable bonds is 3. The average Bonchev–Trinajstić information content (AvgIpc) is 2.30. The molecule has 1 N–H and O–H groups in total. The molecule has 2 rings (SSSR count). The summed E-state index contributed by atoms with van der Waals surface area (Å²) in [6, 6.07) is 8.30. The Labute approximate surface area is 94.8 Å². The van der Waals surface area contributed by atoms with Crippen molar-refractivity contribution in [2.75, 3.05) is 0 Å². The molecule has 2 aromatic rings. The van der Waals surface area contributed by atoms with E-state index in [0.717, 1.165) is 17.8 Å². The summed E-state index contributed by atoms with van der Waals surface area (Å²) in [7, 11) is 0. The van der Waals surface area contributed by atoms with Crippen LogP contribution in [0, 0.1) is 6.92 Å². The van der Waals surface area contributed by atoms with Gasteiger partial charge in [0.05, 0.1) is 6.61 Å². The molecule has 1 aromatic carbocycles. The lowest BCUT2D eigenvalue weighted by Gasteiger charge is -2.02. The molecule has 82 valence electrons. The van der Waals surface area contributed by atoms with Gasteiger partial charge in [-0.25, -0.2) is 9.97 Å². The molecule has 0 saturated heterocycles. The number of aliphatic hydroxyl groups is 1. The Morgan fingerprint density at radius 2 is 1.88 bits per heavy atom. The fourth-order valence-corrected chi connectivity index (χ4v) is 1.56. The number of hydrogen-bond acceptors (Lipinski definition) is 3. The lowest BCUT2D eigenvalue weighted by Crippen LogP contribution is -1.98. The number of aromatic nitrogens is 2. The van der Waals surface area contributed by atoms with E-state index in [2.05, 4.69) is 35.1 Å². The number of aryl methyl sites for hydroxylation is 1. The monoisotopic (exact) mass is 214 g/mol. The van der Waals surface area contributed by atoms with Gasteiger partial charge in [-0.3, -0.25) is 0 Å². The van der Waals surface area contributed by atoms with Crippen molar-refractivity contribution in [2.45, 2.75) is 20.0 Å². The minimum Gasteiger partial charge on any atom is -0.392 e. The van der Waals surface area contributed by atoms with Crippen LogP contribution in [0.3, 0.4) is 0 Å². The van der Waals surface area contributed by atoms with Gasteiger partial charge in [0.25, 0.3) is 0 Å². The first-order valence-electron chi connectivity index (χ1n) is 5.24. The number of aliphatic hydroxyl groups excluding tert-OH is 1. The highest BCUT2D eigenvalue weighted by Crippen LogP contribution is 2.08. The maximum absolute atomic E-state index is 8.87. The van der Waals surface area contributed by atoms with Gasteiger partial charge in [0.1, 0.15) is 5.82 Å². The molecule has 0 amide bonds. The topological polar surface area (TPSA) is 46.0 Å². The fraction of sp³-hybridized carbons (Fsp3) is 0.231. The predicted octanol–water partition coefficient (Wildman–Crippen LogP) is 1.87. The Bertz CT molecular complexity index is 466. The first-order chi connectivity index (χ1) is 7.78. The van der Waals surface area contributed by atoms with Gasteiger partial charge in [-0.1, -0.05) is 29.8 Å². The van der Waals surface area contributed by atoms with Crippen molar-refractivity contribution in [2.24, 2.45) is 0 Å². The summed E-state index contributed by atoms with van der Waals surface area (Å²) in [5.41, 5.74) is 3.19. The van der Waals surface area contributed by atoms with E-state index in [1.165, 1.54) is 11.1 Å². The van der Waals surface area contributed by atoms with E-state index in [1.807, 2.05) is 6.07 Å². The van der Waals surface area contributed by atoms with Gasteiger partial charge in [-0.05, 0) is 12.5 Å². The summed E-state index contributed by atoms with van der Waals surface area (Å²) in [6.07, 6.45) is 4.06. The van der Waals surface area contributed by atoms with Crippen LogP contribution < -0.4 is 0 Å². The van der Waals surface area contributed by atoms with Crippen molar-refractivity contribution >= 4 is 0 Å². The zero-order valence-corrected chi connectivity index (χ0v) is 9.22. The maximum Gasteiger partial charge on any atom is 0.132 e. The molecule has 0 unspecified atom stereocenters. The highest BCUT2D eigenvalue weighted by Gasteiger charge is 1.99. The summed E-state index contributed by atoms with van der Waals surface area (Å²) in [5.74, 6) is 0.780. The SMILES string of the molecule is Cc1cccc(Cc2ncc(CO)cn2)c1. The van der Waals surface area contributed by atoms with Gasteiger partial charge in [0, 0.05) is 24.4 Å². The van der Waals surface area contributed by atoms with Crippen LogP contribution in [0.15, 0.2) is 36.7 Å². The molecule has 16 heavy (non-hydrogen) atoms. The molecule has 0 saturated carbocycles. The van der Waals surface area contributed by atoms with E-state index < -0.39 is 0 Å². The molecule has 0 bridgehead atoms. The second kappa shape index (κ2) is 4.86. The van der Waals surface area contributed by atoms with E-state index >= 15 is 0 Å². The van der Waals surface area contributed by atoms with Crippen LogP contribution in [-0.2, 0) is 13.0 Å². The second-order valence-corrected chi connectivity index (χ2v) is 3.83. The summed E-state index contributed by atoms with van der Waals surface area (Å²) >= 11 is 0. The van der Waals surface area contributed by atoms with Gasteiger partial charge in [0.15, 0.2) is 0 Å². The summed E-state index contributed by atoms with van der Waals surface area (Å²) in [6.45, 7) is 2.06. The highest BCUT2D eigenvalue weighted by molar-refractivity contribution is 5.24. The lowest BCUT2D eigenvalue weighted by molar-refractivity contribution is 0.280. The lowest BCUT2D eigenvalue weighted by atomic mass is 10.1. The highest BCUT2D eigenvalue weighted by atomic mass is 16.3. The Hall–Kier alpha value is -1.74. The molecule has 1 aromatic heterocycles. The van der Waals surface area contributed by atoms with E-state index in [9.17, 15) is 0 Å². The van der Waals surface area contributed by atoms with Crippen molar-refractivity contribution in [1.82, 2.24) is 9.97 Å². The molecule has 0 atom stereocenters. The average molecular weight is 214 g/mol. The van der Waals surface area contributed by atoms with Gasteiger partial charge >= 0.3 is 0 Å². The number of nitrogens with zero attached hydrogens (tertiary/aromatic N) is 2. The molecule has 0 aliphatic carbocycles. The normalized spacial score (nSPS) is 10.4. The van der Waals surface area contributed by atoms with Crippen molar-refractivity contribution < 1.29 is 5.11 Å². The molecule has 3 heteroatoms. The van der Waals surface area contributed by atoms with E-state index in [1.54, 1.807) is 12.4 Å². The van der Waals surface area contributed by atoms with Crippen molar-refractivity contribution in [1.29, 1.82) is 0 Å². The number of benzene rings is 1. The molecule has 1 heterocycles. The third-order valence-electron chi connectivity index (χ3n) is 2.39. The fourth-order valence-electron chi connectivity index (χ4n) is 1.56. The molecule has 0 radical (unpaired) electrons. The molecular formula is C13H14N2O. The van der Waals surface area contributed by atoms with Gasteiger partial charge in [-0.2, -0.15) is 0 Å². The molecular weight excluding hydrogens is 200 g/mol. The zero-order valence-electron chi connectivity index (χ0n) is 9.22. The third-order valence-corrected chi connectivity index (χ3v) is 2.39. The van der Waals surface area contributed by atoms with Crippen LogP contribution >= 0.6 is 0 Å². The predicted molar refractivity (Wildman–Crippen MR) is 61.9 cm³/mol. The molecule has 0 aliphatic heterocycles. The molecule has 0 spiro atoms. The Kier molecular flexibility index (Phi) is 3.27. The van der Waals surface area contributed by atoms with Gasteiger partial charge in [-0.15, -0.1) is 0 Å². The number of hydrogen-bond donors (Lipinski definition) is 1. The second-order valence-electron chi connectivity index (χ2n) is 3.83. The van der Waals surface area contributed by atoms with Crippen molar-refractivity contribution in [3.05, 3.63) is 59.2 Å².